The Balaban J connectivity index is 2.18. The molecule has 0 saturated heterocycles. The molecule has 0 atom stereocenters. The molecule has 78 valence electrons. The first kappa shape index (κ1) is 9.79. The van der Waals surface area contributed by atoms with Crippen LogP contribution in [-0.2, 0) is 7.05 Å². The molecule has 0 saturated carbocycles. The minimum Gasteiger partial charge on any atom is -0.345 e. The lowest BCUT2D eigenvalue weighted by atomic mass is 10.4. The van der Waals surface area contributed by atoms with E-state index in [0.29, 0.717) is 16.4 Å². The first-order valence-corrected chi connectivity index (χ1v) is 4.66. The van der Waals surface area contributed by atoms with E-state index in [1.807, 2.05) is 0 Å². The van der Waals surface area contributed by atoms with Gasteiger partial charge >= 0.3 is 0 Å². The largest absolute Gasteiger partial charge is 0.345 e. The van der Waals surface area contributed by atoms with Crippen LogP contribution in [0.3, 0.4) is 0 Å². The molecule has 0 aliphatic carbocycles. The molecule has 0 spiro atoms. The van der Waals surface area contributed by atoms with Gasteiger partial charge in [-0.2, -0.15) is 5.10 Å². The van der Waals surface area contributed by atoms with Crippen LogP contribution < -0.4 is 5.32 Å². The fourth-order valence-electron chi connectivity index (χ4n) is 1.26. The van der Waals surface area contributed by atoms with Crippen LogP contribution in [-0.4, -0.2) is 20.7 Å². The highest BCUT2D eigenvalue weighted by Gasteiger charge is 2.11. The van der Waals surface area contributed by atoms with Gasteiger partial charge in [-0.3, -0.25) is 9.89 Å². The van der Waals surface area contributed by atoms with Crippen LogP contribution in [0.4, 0.5) is 5.69 Å². The number of rotatable bonds is 2. The summed E-state index contributed by atoms with van der Waals surface area (Å²) in [5, 5.41) is 9.55. The molecule has 5 nitrogen and oxygen atoms in total. The Kier molecular flexibility index (Phi) is 2.47. The second-order valence-electron chi connectivity index (χ2n) is 3.10. The summed E-state index contributed by atoms with van der Waals surface area (Å²) in [4.78, 5) is 11.7. The zero-order valence-corrected chi connectivity index (χ0v) is 8.75. The number of nitrogens with zero attached hydrogens (tertiary/aromatic N) is 2. The summed E-state index contributed by atoms with van der Waals surface area (Å²) in [6, 6.07) is 1.61. The van der Waals surface area contributed by atoms with Crippen molar-refractivity contribution in [2.45, 2.75) is 0 Å². The quantitative estimate of drug-likeness (QED) is 0.815. The minimum atomic E-state index is -0.217. The molecule has 2 aromatic rings. The van der Waals surface area contributed by atoms with Gasteiger partial charge in [0, 0.05) is 19.4 Å². The molecule has 0 unspecified atom stereocenters. The number of nitrogens with one attached hydrogen (secondary N) is 2. The Morgan fingerprint density at radius 2 is 2.47 bits per heavy atom. The number of aromatic amines is 1. The lowest BCUT2D eigenvalue weighted by Crippen LogP contribution is -2.14. The summed E-state index contributed by atoms with van der Waals surface area (Å²) in [6.07, 6.45) is 4.80. The van der Waals surface area contributed by atoms with Gasteiger partial charge in [-0.25, -0.2) is 0 Å². The average molecular weight is 225 g/mol. The SMILES string of the molecule is Cn1cc(Cl)cc1C(=O)Nc1cn[nH]c1. The first-order valence-electron chi connectivity index (χ1n) is 4.29. The number of carbonyl (C=O) groups is 1. The van der Waals surface area contributed by atoms with E-state index in [4.69, 9.17) is 11.6 Å². The van der Waals surface area contributed by atoms with Gasteiger partial charge in [0.2, 0.25) is 0 Å². The van der Waals surface area contributed by atoms with Gasteiger partial charge in [-0.05, 0) is 6.07 Å². The topological polar surface area (TPSA) is 62.7 Å². The van der Waals surface area contributed by atoms with Crippen LogP contribution in [0, 0.1) is 0 Å². The van der Waals surface area contributed by atoms with Gasteiger partial charge in [0.05, 0.1) is 16.9 Å². The molecule has 0 aliphatic heterocycles. The van der Waals surface area contributed by atoms with Crippen LogP contribution in [0.1, 0.15) is 10.5 Å². The molecule has 0 aromatic carbocycles. The second-order valence-corrected chi connectivity index (χ2v) is 3.53. The van der Waals surface area contributed by atoms with Crippen molar-refractivity contribution in [2.24, 2.45) is 7.05 Å². The Hall–Kier alpha value is -1.75. The maximum absolute atomic E-state index is 11.7. The standard InChI is InChI=1S/C9H9ClN4O/c1-14-5-6(10)2-8(14)9(15)13-7-3-11-12-4-7/h2-5H,1H3,(H,11,12)(H,13,15). The van der Waals surface area contributed by atoms with E-state index in [1.165, 1.54) is 6.20 Å². The van der Waals surface area contributed by atoms with Crippen molar-refractivity contribution >= 4 is 23.2 Å². The van der Waals surface area contributed by atoms with Gasteiger partial charge in [-0.15, -0.1) is 0 Å². The molecule has 2 N–H and O–H groups in total. The van der Waals surface area contributed by atoms with Crippen molar-refractivity contribution in [3.8, 4) is 0 Å². The number of carbonyl (C=O) groups excluding carboxylic acids is 1. The number of H-pyrrole nitrogens is 1. The minimum absolute atomic E-state index is 0.217. The summed E-state index contributed by atoms with van der Waals surface area (Å²) in [7, 11) is 1.76. The smallest absolute Gasteiger partial charge is 0.272 e. The third-order valence-corrected chi connectivity index (χ3v) is 2.17. The fraction of sp³-hybridized carbons (Fsp3) is 0.111. The zero-order valence-electron chi connectivity index (χ0n) is 7.99. The fourth-order valence-corrected chi connectivity index (χ4v) is 1.51. The molecule has 1 amide bonds. The Morgan fingerprint density at radius 1 is 1.67 bits per heavy atom. The monoisotopic (exact) mass is 224 g/mol. The van der Waals surface area contributed by atoms with Crippen molar-refractivity contribution in [2.75, 3.05) is 5.32 Å². The van der Waals surface area contributed by atoms with E-state index >= 15 is 0 Å². The van der Waals surface area contributed by atoms with Crippen molar-refractivity contribution in [1.29, 1.82) is 0 Å². The van der Waals surface area contributed by atoms with Crippen molar-refractivity contribution in [3.63, 3.8) is 0 Å². The third kappa shape index (κ3) is 2.02. The maximum atomic E-state index is 11.7. The molecule has 0 aliphatic rings. The van der Waals surface area contributed by atoms with E-state index in [9.17, 15) is 4.79 Å². The van der Waals surface area contributed by atoms with Crippen LogP contribution in [0.25, 0.3) is 0 Å². The number of aryl methyl sites for hydroxylation is 1. The summed E-state index contributed by atoms with van der Waals surface area (Å²) in [5.74, 6) is -0.217. The van der Waals surface area contributed by atoms with Crippen LogP contribution >= 0.6 is 11.6 Å². The Bertz CT molecular complexity index is 474. The zero-order chi connectivity index (χ0) is 10.8. The molecular weight excluding hydrogens is 216 g/mol. The lowest BCUT2D eigenvalue weighted by Gasteiger charge is -2.02. The average Bonchev–Trinajstić information content (AvgIpc) is 2.75. The normalized spacial score (nSPS) is 10.3. The predicted octanol–water partition coefficient (Wildman–Crippen LogP) is 1.65. The Labute approximate surface area is 91.0 Å². The van der Waals surface area contributed by atoms with Crippen molar-refractivity contribution in [1.82, 2.24) is 14.8 Å². The molecule has 0 bridgehead atoms. The first-order chi connectivity index (χ1) is 7.16. The van der Waals surface area contributed by atoms with Gasteiger partial charge in [0.15, 0.2) is 0 Å². The van der Waals surface area contributed by atoms with Crippen molar-refractivity contribution in [3.05, 3.63) is 35.4 Å². The summed E-state index contributed by atoms with van der Waals surface area (Å²) in [5.41, 5.74) is 1.12. The molecule has 2 heterocycles. The van der Waals surface area contributed by atoms with E-state index in [1.54, 1.807) is 30.1 Å². The van der Waals surface area contributed by atoms with Gasteiger partial charge in [0.1, 0.15) is 5.69 Å². The van der Waals surface area contributed by atoms with Crippen LogP contribution in [0.15, 0.2) is 24.7 Å². The number of anilines is 1. The molecule has 0 fully saturated rings. The van der Waals surface area contributed by atoms with E-state index in [0.717, 1.165) is 0 Å². The number of hydrogen-bond donors (Lipinski definition) is 2. The summed E-state index contributed by atoms with van der Waals surface area (Å²) >= 11 is 5.77. The number of halogens is 1. The van der Waals surface area contributed by atoms with E-state index < -0.39 is 0 Å². The lowest BCUT2D eigenvalue weighted by molar-refractivity contribution is 0.101. The maximum Gasteiger partial charge on any atom is 0.272 e. The number of hydrogen-bond acceptors (Lipinski definition) is 2. The molecule has 2 rings (SSSR count). The summed E-state index contributed by atoms with van der Waals surface area (Å²) in [6.45, 7) is 0. The highest BCUT2D eigenvalue weighted by atomic mass is 35.5. The van der Waals surface area contributed by atoms with Gasteiger partial charge in [-0.1, -0.05) is 11.6 Å². The molecule has 0 radical (unpaired) electrons. The number of amides is 1. The highest BCUT2D eigenvalue weighted by Crippen LogP contribution is 2.14. The molecule has 6 heteroatoms. The Morgan fingerprint density at radius 3 is 3.00 bits per heavy atom. The van der Waals surface area contributed by atoms with E-state index in [2.05, 4.69) is 15.5 Å². The number of aromatic nitrogens is 3. The summed E-state index contributed by atoms with van der Waals surface area (Å²) < 4.78 is 1.66. The van der Waals surface area contributed by atoms with Crippen LogP contribution in [0.5, 0.6) is 0 Å². The molecule has 15 heavy (non-hydrogen) atoms. The second kappa shape index (κ2) is 3.78. The van der Waals surface area contributed by atoms with Crippen LogP contribution in [0.2, 0.25) is 5.02 Å². The predicted molar refractivity (Wildman–Crippen MR) is 57.0 cm³/mol. The third-order valence-electron chi connectivity index (χ3n) is 1.96. The van der Waals surface area contributed by atoms with Gasteiger partial charge < -0.3 is 9.88 Å². The molecular formula is C9H9ClN4O. The van der Waals surface area contributed by atoms with Gasteiger partial charge in [0.25, 0.3) is 5.91 Å². The molecule has 2 aromatic heterocycles. The highest BCUT2D eigenvalue weighted by molar-refractivity contribution is 6.31. The van der Waals surface area contributed by atoms with E-state index in [-0.39, 0.29) is 5.91 Å². The van der Waals surface area contributed by atoms with Crippen molar-refractivity contribution < 1.29 is 4.79 Å².